The maximum absolute atomic E-state index is 9.64. The third-order valence-corrected chi connectivity index (χ3v) is 2.36. The van der Waals surface area contributed by atoms with Crippen molar-refractivity contribution in [3.05, 3.63) is 34.8 Å². The van der Waals surface area contributed by atoms with Gasteiger partial charge >= 0.3 is 0 Å². The van der Waals surface area contributed by atoms with Gasteiger partial charge < -0.3 is 9.84 Å². The summed E-state index contributed by atoms with van der Waals surface area (Å²) in [5.41, 5.74) is 2.15. The minimum Gasteiger partial charge on any atom is -0.508 e. The highest BCUT2D eigenvalue weighted by molar-refractivity contribution is 5.39. The number of methoxy groups -OCH3 is 1. The van der Waals surface area contributed by atoms with Crippen LogP contribution in [0.1, 0.15) is 26.7 Å². The Morgan fingerprint density at radius 3 is 2.77 bits per heavy atom. The molecule has 0 heterocycles. The molecule has 1 rings (SSSR count). The van der Waals surface area contributed by atoms with Gasteiger partial charge in [0.05, 0.1) is 7.11 Å². The van der Waals surface area contributed by atoms with Crippen LogP contribution in [0.3, 0.4) is 0 Å². The largest absolute Gasteiger partial charge is 0.508 e. The van der Waals surface area contributed by atoms with E-state index in [-0.39, 0.29) is 0 Å². The van der Waals surface area contributed by atoms with E-state index in [1.54, 1.807) is 13.2 Å². The number of rotatable bonds is 2. The summed E-state index contributed by atoms with van der Waals surface area (Å²) in [6.45, 7) is 4.01. The molecule has 0 aliphatic heterocycles. The van der Waals surface area contributed by atoms with Crippen LogP contribution < -0.4 is 0 Å². The lowest BCUT2D eigenvalue weighted by Gasteiger charge is -2.03. The van der Waals surface area contributed by atoms with Crippen LogP contribution in [0.15, 0.2) is 34.8 Å². The summed E-state index contributed by atoms with van der Waals surface area (Å²) < 4.78 is 5.11. The van der Waals surface area contributed by atoms with Crippen molar-refractivity contribution in [2.24, 2.45) is 0 Å². The van der Waals surface area contributed by atoms with Crippen molar-refractivity contribution in [3.63, 3.8) is 0 Å². The predicted molar refractivity (Wildman–Crippen MR) is 53.4 cm³/mol. The molecule has 0 saturated heterocycles. The fourth-order valence-electron chi connectivity index (χ4n) is 1.41. The summed E-state index contributed by atoms with van der Waals surface area (Å²) in [5.74, 6) is 1.13. The lowest BCUT2D eigenvalue weighted by molar-refractivity contribution is 0.281. The van der Waals surface area contributed by atoms with E-state index in [1.807, 2.05) is 6.92 Å². The van der Waals surface area contributed by atoms with E-state index < -0.39 is 0 Å². The highest BCUT2D eigenvalue weighted by atomic mass is 16.5. The second-order valence-corrected chi connectivity index (χ2v) is 3.11. The van der Waals surface area contributed by atoms with Gasteiger partial charge in [0.25, 0.3) is 0 Å². The molecule has 0 bridgehead atoms. The summed E-state index contributed by atoms with van der Waals surface area (Å²) in [5, 5.41) is 9.64. The number of aliphatic hydroxyl groups is 1. The van der Waals surface area contributed by atoms with Gasteiger partial charge in [0, 0.05) is 12.5 Å². The van der Waals surface area contributed by atoms with Gasteiger partial charge in [-0.3, -0.25) is 0 Å². The van der Waals surface area contributed by atoms with Crippen LogP contribution in [0.5, 0.6) is 0 Å². The van der Waals surface area contributed by atoms with Crippen LogP contribution in [-0.2, 0) is 4.74 Å². The number of hydrogen-bond acceptors (Lipinski definition) is 2. The Morgan fingerprint density at radius 2 is 2.23 bits per heavy atom. The van der Waals surface area contributed by atoms with E-state index in [1.165, 1.54) is 5.57 Å². The molecular formula is C11H16O2. The molecule has 0 aromatic carbocycles. The highest BCUT2D eigenvalue weighted by Crippen LogP contribution is 2.23. The third-order valence-electron chi connectivity index (χ3n) is 2.36. The molecule has 0 aromatic rings. The summed E-state index contributed by atoms with van der Waals surface area (Å²) in [6, 6.07) is 0. The van der Waals surface area contributed by atoms with E-state index >= 15 is 0 Å². The molecule has 1 aliphatic carbocycles. The molecule has 0 radical (unpaired) electrons. The predicted octanol–water partition coefficient (Wildman–Crippen LogP) is 3.09. The van der Waals surface area contributed by atoms with Crippen molar-refractivity contribution >= 4 is 0 Å². The zero-order valence-electron chi connectivity index (χ0n) is 8.42. The third kappa shape index (κ3) is 2.14. The van der Waals surface area contributed by atoms with Gasteiger partial charge in [0.1, 0.15) is 11.5 Å². The van der Waals surface area contributed by atoms with Crippen LogP contribution >= 0.6 is 0 Å². The maximum atomic E-state index is 9.64. The molecule has 0 spiro atoms. The van der Waals surface area contributed by atoms with Gasteiger partial charge in [-0.25, -0.2) is 0 Å². The molecule has 0 unspecified atom stereocenters. The average Bonchev–Trinajstić information content (AvgIpc) is 2.28. The van der Waals surface area contributed by atoms with Crippen molar-refractivity contribution in [1.82, 2.24) is 0 Å². The van der Waals surface area contributed by atoms with Crippen molar-refractivity contribution in [3.8, 4) is 0 Å². The molecule has 72 valence electrons. The number of hydrogen-bond donors (Lipinski definition) is 1. The Bertz CT molecular complexity index is 282. The summed E-state index contributed by atoms with van der Waals surface area (Å²) in [4.78, 5) is 0. The Hall–Kier alpha value is -1.18. The first-order chi connectivity index (χ1) is 6.19. The molecule has 0 fully saturated rings. The van der Waals surface area contributed by atoms with Gasteiger partial charge in [-0.05, 0) is 24.5 Å². The minimum absolute atomic E-state index is 0.322. The zero-order chi connectivity index (χ0) is 9.84. The molecule has 0 saturated carbocycles. The van der Waals surface area contributed by atoms with E-state index in [9.17, 15) is 5.11 Å². The summed E-state index contributed by atoms with van der Waals surface area (Å²) in [6.07, 6.45) is 5.50. The fourth-order valence-corrected chi connectivity index (χ4v) is 1.41. The molecular weight excluding hydrogens is 164 g/mol. The van der Waals surface area contributed by atoms with Crippen molar-refractivity contribution < 1.29 is 9.84 Å². The van der Waals surface area contributed by atoms with Gasteiger partial charge in [0.15, 0.2) is 0 Å². The van der Waals surface area contributed by atoms with Crippen LogP contribution in [0.2, 0.25) is 0 Å². The standard InChI is InChI=1S/C11H16O2/c1-4-9-5-6-10(13-3)7-11(12)8(9)2/h5,7,12H,4,6H2,1-3H3. The van der Waals surface area contributed by atoms with E-state index in [0.717, 1.165) is 24.2 Å². The van der Waals surface area contributed by atoms with Crippen molar-refractivity contribution in [1.29, 1.82) is 0 Å². The zero-order valence-corrected chi connectivity index (χ0v) is 8.42. The monoisotopic (exact) mass is 180 g/mol. The van der Waals surface area contributed by atoms with Crippen molar-refractivity contribution in [2.75, 3.05) is 7.11 Å². The quantitative estimate of drug-likeness (QED) is 0.707. The Morgan fingerprint density at radius 1 is 1.54 bits per heavy atom. The number of allylic oxidation sites excluding steroid dienone is 4. The summed E-state index contributed by atoms with van der Waals surface area (Å²) in [7, 11) is 1.62. The number of aliphatic hydroxyl groups excluding tert-OH is 1. The van der Waals surface area contributed by atoms with Gasteiger partial charge in [-0.2, -0.15) is 0 Å². The Kier molecular flexibility index (Phi) is 3.18. The van der Waals surface area contributed by atoms with Crippen LogP contribution in [0.25, 0.3) is 0 Å². The molecule has 13 heavy (non-hydrogen) atoms. The minimum atomic E-state index is 0.322. The average molecular weight is 180 g/mol. The molecule has 1 aliphatic rings. The van der Waals surface area contributed by atoms with Crippen LogP contribution in [0.4, 0.5) is 0 Å². The van der Waals surface area contributed by atoms with Gasteiger partial charge in [-0.1, -0.05) is 13.0 Å². The van der Waals surface area contributed by atoms with Crippen LogP contribution in [-0.4, -0.2) is 12.2 Å². The maximum Gasteiger partial charge on any atom is 0.122 e. The Labute approximate surface area is 79.2 Å². The Balaban J connectivity index is 3.02. The lowest BCUT2D eigenvalue weighted by Crippen LogP contribution is -1.87. The lowest BCUT2D eigenvalue weighted by atomic mass is 10.0. The highest BCUT2D eigenvalue weighted by Gasteiger charge is 2.09. The van der Waals surface area contributed by atoms with E-state index in [2.05, 4.69) is 13.0 Å². The second-order valence-electron chi connectivity index (χ2n) is 3.11. The normalized spacial score (nSPS) is 17.8. The van der Waals surface area contributed by atoms with E-state index in [4.69, 9.17) is 4.74 Å². The van der Waals surface area contributed by atoms with Gasteiger partial charge in [0.2, 0.25) is 0 Å². The molecule has 0 aromatic heterocycles. The fraction of sp³-hybridized carbons (Fsp3) is 0.455. The molecule has 2 nitrogen and oxygen atoms in total. The molecule has 2 heteroatoms. The first-order valence-corrected chi connectivity index (χ1v) is 4.52. The summed E-state index contributed by atoms with van der Waals surface area (Å²) >= 11 is 0. The first-order valence-electron chi connectivity index (χ1n) is 4.52. The SMILES string of the molecule is CCC1=CCC(OC)=CC(O)=C1C. The smallest absolute Gasteiger partial charge is 0.122 e. The van der Waals surface area contributed by atoms with E-state index in [0.29, 0.717) is 5.76 Å². The molecule has 1 N–H and O–H groups in total. The number of ether oxygens (including phenoxy) is 1. The van der Waals surface area contributed by atoms with Gasteiger partial charge in [-0.15, -0.1) is 0 Å². The van der Waals surface area contributed by atoms with Crippen LogP contribution in [0, 0.1) is 0 Å². The topological polar surface area (TPSA) is 29.5 Å². The van der Waals surface area contributed by atoms with Crippen molar-refractivity contribution in [2.45, 2.75) is 26.7 Å². The second kappa shape index (κ2) is 4.17. The first kappa shape index (κ1) is 9.90. The molecule has 0 atom stereocenters. The molecule has 0 amide bonds.